The second kappa shape index (κ2) is 11.7. The maximum Gasteiger partial charge on any atom is 0.251 e. The highest BCUT2D eigenvalue weighted by molar-refractivity contribution is 5.94. The average molecular weight is 477 g/mol. The molecular formula is C31H44N2O2. The molecule has 0 unspecified atom stereocenters. The van der Waals surface area contributed by atoms with Crippen molar-refractivity contribution < 1.29 is 9.53 Å². The third-order valence-corrected chi connectivity index (χ3v) is 8.26. The van der Waals surface area contributed by atoms with E-state index in [1.807, 2.05) is 26.0 Å². The second-order valence-electron chi connectivity index (χ2n) is 11.3. The van der Waals surface area contributed by atoms with E-state index in [1.165, 1.54) is 68.3 Å². The molecule has 1 aliphatic heterocycles. The first-order valence-electron chi connectivity index (χ1n) is 13.7. The molecule has 2 aliphatic rings. The summed E-state index contributed by atoms with van der Waals surface area (Å²) in [4.78, 5) is 15.2. The van der Waals surface area contributed by atoms with Gasteiger partial charge < -0.3 is 15.0 Å². The minimum atomic E-state index is -0.0508. The first-order chi connectivity index (χ1) is 16.8. The summed E-state index contributed by atoms with van der Waals surface area (Å²) >= 11 is 0. The lowest BCUT2D eigenvalue weighted by molar-refractivity contribution is 0.0475. The smallest absolute Gasteiger partial charge is 0.251 e. The molecule has 0 bridgehead atoms. The maximum absolute atomic E-state index is 12.4. The molecule has 35 heavy (non-hydrogen) atoms. The van der Waals surface area contributed by atoms with Gasteiger partial charge in [-0.3, -0.25) is 4.79 Å². The number of ether oxygens (including phenoxy) is 1. The highest BCUT2D eigenvalue weighted by Crippen LogP contribution is 2.39. The lowest BCUT2D eigenvalue weighted by atomic mass is 9.74. The predicted molar refractivity (Wildman–Crippen MR) is 145 cm³/mol. The van der Waals surface area contributed by atoms with Crippen LogP contribution in [-0.2, 0) is 11.2 Å². The van der Waals surface area contributed by atoms with Crippen LogP contribution in [0.5, 0.6) is 0 Å². The van der Waals surface area contributed by atoms with E-state index >= 15 is 0 Å². The van der Waals surface area contributed by atoms with E-state index in [-0.39, 0.29) is 12.0 Å². The third-order valence-electron chi connectivity index (χ3n) is 8.26. The van der Waals surface area contributed by atoms with Gasteiger partial charge in [-0.15, -0.1) is 0 Å². The van der Waals surface area contributed by atoms with Crippen molar-refractivity contribution in [2.75, 3.05) is 26.2 Å². The van der Waals surface area contributed by atoms with Crippen molar-refractivity contribution in [3.05, 3.63) is 59.2 Å². The van der Waals surface area contributed by atoms with Crippen molar-refractivity contribution in [2.45, 2.75) is 84.8 Å². The van der Waals surface area contributed by atoms with Crippen LogP contribution in [0.1, 0.15) is 80.8 Å². The molecule has 1 amide bonds. The monoisotopic (exact) mass is 476 g/mol. The Kier molecular flexibility index (Phi) is 8.67. The first kappa shape index (κ1) is 25.9. The Balaban J connectivity index is 1.32. The van der Waals surface area contributed by atoms with Gasteiger partial charge >= 0.3 is 0 Å². The van der Waals surface area contributed by atoms with Gasteiger partial charge in [0, 0.05) is 18.2 Å². The summed E-state index contributed by atoms with van der Waals surface area (Å²) in [5.41, 5.74) is 6.37. The molecule has 0 atom stereocenters. The van der Waals surface area contributed by atoms with Crippen LogP contribution in [0.25, 0.3) is 11.1 Å². The number of hydrogen-bond acceptors (Lipinski definition) is 3. The number of hydrogen-bond donors (Lipinski definition) is 1. The zero-order chi connectivity index (χ0) is 24.8. The van der Waals surface area contributed by atoms with Crippen LogP contribution in [0.4, 0.5) is 0 Å². The van der Waals surface area contributed by atoms with E-state index < -0.39 is 0 Å². The Morgan fingerprint density at radius 3 is 2.40 bits per heavy atom. The highest BCUT2D eigenvalue weighted by Gasteiger charge is 2.34. The van der Waals surface area contributed by atoms with E-state index in [0.717, 1.165) is 18.0 Å². The number of aryl methyl sites for hydroxylation is 2. The molecule has 0 radical (unpaired) electrons. The molecular weight excluding hydrogens is 432 g/mol. The zero-order valence-electron chi connectivity index (χ0n) is 22.2. The highest BCUT2D eigenvalue weighted by atomic mass is 16.5. The van der Waals surface area contributed by atoms with Crippen LogP contribution in [0, 0.1) is 12.3 Å². The Morgan fingerprint density at radius 2 is 1.77 bits per heavy atom. The number of nitrogens with zero attached hydrogens (tertiary/aromatic N) is 1. The Bertz CT molecular complexity index is 970. The fourth-order valence-electron chi connectivity index (χ4n) is 5.36. The molecule has 0 aromatic heterocycles. The van der Waals surface area contributed by atoms with E-state index in [9.17, 15) is 4.79 Å². The van der Waals surface area contributed by atoms with Gasteiger partial charge in [0.1, 0.15) is 0 Å². The fourth-order valence-corrected chi connectivity index (χ4v) is 5.36. The van der Waals surface area contributed by atoms with Crippen LogP contribution in [0.15, 0.2) is 42.5 Å². The molecule has 4 heteroatoms. The van der Waals surface area contributed by atoms with Crippen LogP contribution >= 0.6 is 0 Å². The predicted octanol–water partition coefficient (Wildman–Crippen LogP) is 6.40. The van der Waals surface area contributed by atoms with Crippen molar-refractivity contribution in [2.24, 2.45) is 5.41 Å². The van der Waals surface area contributed by atoms with Gasteiger partial charge in [-0.25, -0.2) is 0 Å². The number of nitrogens with one attached hydrogen (secondary N) is 1. The second-order valence-corrected chi connectivity index (χ2v) is 11.3. The van der Waals surface area contributed by atoms with Crippen molar-refractivity contribution in [1.29, 1.82) is 0 Å². The molecule has 2 fully saturated rings. The maximum atomic E-state index is 12.4. The third kappa shape index (κ3) is 6.95. The summed E-state index contributed by atoms with van der Waals surface area (Å²) in [5, 5.41) is 2.93. The van der Waals surface area contributed by atoms with Crippen LogP contribution in [0.2, 0.25) is 0 Å². The molecule has 1 aliphatic carbocycles. The topological polar surface area (TPSA) is 41.6 Å². The number of amides is 1. The number of likely N-dealkylation sites (tertiary alicyclic amines) is 1. The van der Waals surface area contributed by atoms with Crippen molar-refractivity contribution in [3.63, 3.8) is 0 Å². The summed E-state index contributed by atoms with van der Waals surface area (Å²) in [7, 11) is 0. The van der Waals surface area contributed by atoms with Crippen LogP contribution in [-0.4, -0.2) is 49.2 Å². The van der Waals surface area contributed by atoms with Crippen molar-refractivity contribution >= 4 is 5.91 Å². The average Bonchev–Trinajstić information content (AvgIpc) is 2.82. The zero-order valence-corrected chi connectivity index (χ0v) is 22.2. The minimum absolute atomic E-state index is 0.0508. The van der Waals surface area contributed by atoms with Gasteiger partial charge in [0.15, 0.2) is 0 Å². The Hall–Kier alpha value is -2.17. The molecule has 4 rings (SSSR count). The van der Waals surface area contributed by atoms with E-state index in [0.29, 0.717) is 24.1 Å². The van der Waals surface area contributed by atoms with Gasteiger partial charge in [-0.05, 0) is 112 Å². The Labute approximate surface area is 212 Å². The molecule has 1 saturated carbocycles. The van der Waals surface area contributed by atoms with Crippen molar-refractivity contribution in [3.8, 4) is 11.1 Å². The molecule has 2 aromatic carbocycles. The van der Waals surface area contributed by atoms with Gasteiger partial charge in [0.2, 0.25) is 0 Å². The molecule has 1 N–H and O–H groups in total. The minimum Gasteiger partial charge on any atom is -0.377 e. The van der Waals surface area contributed by atoms with Crippen LogP contribution < -0.4 is 5.32 Å². The first-order valence-corrected chi connectivity index (χ1v) is 13.7. The van der Waals surface area contributed by atoms with Gasteiger partial charge in [0.25, 0.3) is 5.91 Å². The lowest BCUT2D eigenvalue weighted by Crippen LogP contribution is -2.47. The summed E-state index contributed by atoms with van der Waals surface area (Å²) in [6.45, 7) is 12.4. The molecule has 1 saturated heterocycles. The summed E-state index contributed by atoms with van der Waals surface area (Å²) in [5.74, 6) is -0.0508. The largest absolute Gasteiger partial charge is 0.377 e. The number of carbonyl (C=O) groups is 1. The summed E-state index contributed by atoms with van der Waals surface area (Å²) in [6, 6.07) is 15.7. The number of benzene rings is 2. The van der Waals surface area contributed by atoms with Crippen molar-refractivity contribution in [1.82, 2.24) is 10.2 Å². The lowest BCUT2D eigenvalue weighted by Gasteiger charge is -2.45. The number of piperidine rings is 1. The molecule has 1 heterocycles. The normalized spacial score (nSPS) is 18.4. The quantitative estimate of drug-likeness (QED) is 0.403. The summed E-state index contributed by atoms with van der Waals surface area (Å²) in [6.07, 6.45) is 9.50. The summed E-state index contributed by atoms with van der Waals surface area (Å²) < 4.78 is 5.49. The number of rotatable bonds is 10. The van der Waals surface area contributed by atoms with E-state index in [4.69, 9.17) is 4.74 Å². The van der Waals surface area contributed by atoms with Gasteiger partial charge in [-0.2, -0.15) is 0 Å². The molecule has 190 valence electrons. The SMILES string of the molecule is Cc1ccc(-c2ccc(C(=O)NCCOC(C)C)cc2)cc1CCC1(C)CCN(C2CCC2)CC1. The molecule has 0 spiro atoms. The van der Waals surface area contributed by atoms with Crippen LogP contribution in [0.3, 0.4) is 0 Å². The molecule has 4 nitrogen and oxygen atoms in total. The van der Waals surface area contributed by atoms with Gasteiger partial charge in [-0.1, -0.05) is 43.7 Å². The fraction of sp³-hybridized carbons (Fsp3) is 0.581. The standard InChI is InChI=1S/C31H44N2O2/c1-23(2)35-21-18-32-30(34)26-12-10-25(11-13-26)28-9-8-24(3)27(22-28)14-15-31(4)16-19-33(20-17-31)29-6-5-7-29/h8-13,22-23,29H,5-7,14-21H2,1-4H3,(H,32,34). The number of carbonyl (C=O) groups excluding carboxylic acids is 1. The van der Waals surface area contributed by atoms with E-state index in [2.05, 4.69) is 54.4 Å². The van der Waals surface area contributed by atoms with Gasteiger partial charge in [0.05, 0.1) is 12.7 Å². The van der Waals surface area contributed by atoms with E-state index in [1.54, 1.807) is 0 Å². The molecule has 2 aromatic rings. The Morgan fingerprint density at radius 1 is 1.09 bits per heavy atom.